The Morgan fingerprint density at radius 3 is 2.32 bits per heavy atom. The number of nitrogens with one attached hydrogen (secondary N) is 2. The van der Waals surface area contributed by atoms with Crippen molar-refractivity contribution in [3.63, 3.8) is 0 Å². The van der Waals surface area contributed by atoms with Gasteiger partial charge in [-0.3, -0.25) is 4.79 Å². The van der Waals surface area contributed by atoms with Crippen molar-refractivity contribution in [2.24, 2.45) is 0 Å². The van der Waals surface area contributed by atoms with Crippen molar-refractivity contribution in [2.75, 3.05) is 35.7 Å². The minimum Gasteiger partial charge on any atom is -0.497 e. The zero-order valence-corrected chi connectivity index (χ0v) is 22.1. The quantitative estimate of drug-likeness (QED) is 0.316. The second kappa shape index (κ2) is 10.8. The van der Waals surface area contributed by atoms with Gasteiger partial charge in [0.25, 0.3) is 5.91 Å². The van der Waals surface area contributed by atoms with Crippen LogP contribution in [0.1, 0.15) is 32.4 Å². The number of allylic oxidation sites excluding steroid dienone is 1. The van der Waals surface area contributed by atoms with Crippen molar-refractivity contribution < 1.29 is 9.53 Å². The fourth-order valence-corrected chi connectivity index (χ4v) is 4.79. The number of carbonyl (C=O) groups excluding carboxylic acids is 1. The van der Waals surface area contributed by atoms with Crippen LogP contribution in [-0.4, -0.2) is 40.9 Å². The van der Waals surface area contributed by atoms with Gasteiger partial charge in [0.2, 0.25) is 5.95 Å². The zero-order chi connectivity index (χ0) is 26.6. The molecule has 0 aliphatic carbocycles. The Hall–Kier alpha value is -4.59. The number of carbonyl (C=O) groups is 1. The van der Waals surface area contributed by atoms with Gasteiger partial charge < -0.3 is 20.3 Å². The molecule has 0 saturated heterocycles. The summed E-state index contributed by atoms with van der Waals surface area (Å²) in [5.74, 6) is 1.72. The number of hydrogen-bond acceptors (Lipinski definition) is 6. The van der Waals surface area contributed by atoms with E-state index in [1.807, 2.05) is 73.7 Å². The molecule has 4 aromatic rings. The highest BCUT2D eigenvalue weighted by Gasteiger charge is 2.34. The summed E-state index contributed by atoms with van der Waals surface area (Å²) in [7, 11) is 1.63. The average molecular weight is 509 g/mol. The van der Waals surface area contributed by atoms with Crippen LogP contribution in [0, 0.1) is 0 Å². The zero-order valence-electron chi connectivity index (χ0n) is 22.1. The highest BCUT2D eigenvalue weighted by Crippen LogP contribution is 2.37. The van der Waals surface area contributed by atoms with E-state index in [1.54, 1.807) is 11.8 Å². The number of fused-ring (bicyclic) bond motifs is 1. The summed E-state index contributed by atoms with van der Waals surface area (Å²) in [5.41, 5.74) is 4.99. The summed E-state index contributed by atoms with van der Waals surface area (Å²) in [4.78, 5) is 20.7. The van der Waals surface area contributed by atoms with Gasteiger partial charge in [-0.15, -0.1) is 5.10 Å². The molecule has 5 rings (SSSR count). The molecule has 0 radical (unpaired) electrons. The van der Waals surface area contributed by atoms with Gasteiger partial charge in [-0.05, 0) is 74.9 Å². The molecule has 8 nitrogen and oxygen atoms in total. The minimum absolute atomic E-state index is 0.201. The Kier molecular flexibility index (Phi) is 7.13. The van der Waals surface area contributed by atoms with Gasteiger partial charge in [0.1, 0.15) is 11.8 Å². The molecule has 38 heavy (non-hydrogen) atoms. The second-order valence-electron chi connectivity index (χ2n) is 9.08. The lowest BCUT2D eigenvalue weighted by Gasteiger charge is -2.28. The fraction of sp³-hybridized carbons (Fsp3) is 0.233. The number of anilines is 3. The van der Waals surface area contributed by atoms with Gasteiger partial charge >= 0.3 is 0 Å². The van der Waals surface area contributed by atoms with Crippen LogP contribution in [0.2, 0.25) is 0 Å². The lowest BCUT2D eigenvalue weighted by Crippen LogP contribution is -2.31. The number of methoxy groups -OCH3 is 1. The Morgan fingerprint density at radius 1 is 1.00 bits per heavy atom. The van der Waals surface area contributed by atoms with E-state index in [0.717, 1.165) is 47.0 Å². The monoisotopic (exact) mass is 508 g/mol. The van der Waals surface area contributed by atoms with Crippen LogP contribution in [-0.2, 0) is 4.79 Å². The van der Waals surface area contributed by atoms with Crippen molar-refractivity contribution in [3.8, 4) is 17.1 Å². The summed E-state index contributed by atoms with van der Waals surface area (Å²) in [6, 6.07) is 24.9. The molecule has 1 unspecified atom stereocenters. The van der Waals surface area contributed by atoms with Crippen molar-refractivity contribution >= 4 is 23.2 Å². The maximum atomic E-state index is 13.6. The largest absolute Gasteiger partial charge is 0.497 e. The van der Waals surface area contributed by atoms with Crippen molar-refractivity contribution in [2.45, 2.75) is 26.8 Å². The molecule has 0 spiro atoms. The number of benzene rings is 3. The molecule has 1 atom stereocenters. The second-order valence-corrected chi connectivity index (χ2v) is 9.08. The Balaban J connectivity index is 1.54. The number of nitrogens with zero attached hydrogens (tertiary/aromatic N) is 4. The van der Waals surface area contributed by atoms with E-state index in [0.29, 0.717) is 17.3 Å². The lowest BCUT2D eigenvalue weighted by molar-refractivity contribution is -0.113. The maximum absolute atomic E-state index is 13.6. The highest BCUT2D eigenvalue weighted by molar-refractivity contribution is 6.06. The Morgan fingerprint density at radius 2 is 1.68 bits per heavy atom. The summed E-state index contributed by atoms with van der Waals surface area (Å²) >= 11 is 0. The molecule has 2 heterocycles. The fourth-order valence-electron chi connectivity index (χ4n) is 4.79. The molecule has 194 valence electrons. The predicted octanol–water partition coefficient (Wildman–Crippen LogP) is 5.73. The number of para-hydroxylation sites is 1. The minimum atomic E-state index is -0.475. The van der Waals surface area contributed by atoms with Crippen molar-refractivity contribution in [3.05, 3.63) is 95.7 Å². The van der Waals surface area contributed by atoms with Gasteiger partial charge in [-0.25, -0.2) is 4.68 Å². The van der Waals surface area contributed by atoms with Crippen LogP contribution in [0.25, 0.3) is 11.4 Å². The van der Waals surface area contributed by atoms with E-state index in [9.17, 15) is 4.79 Å². The van der Waals surface area contributed by atoms with E-state index in [-0.39, 0.29) is 5.91 Å². The average Bonchev–Trinajstić information content (AvgIpc) is 3.37. The van der Waals surface area contributed by atoms with E-state index in [2.05, 4.69) is 41.5 Å². The van der Waals surface area contributed by atoms with Crippen LogP contribution < -0.4 is 20.3 Å². The normalized spacial score (nSPS) is 14.5. The first-order chi connectivity index (χ1) is 18.5. The molecular weight excluding hydrogens is 476 g/mol. The SMILES string of the molecule is CCN(CC)c1ccc(-c2nc3n(n2)C(c2ccc(OC)cc2)C(C(=O)Nc2ccccc2)=C(C)N3)cc1. The van der Waals surface area contributed by atoms with Crippen LogP contribution in [0.3, 0.4) is 0 Å². The number of rotatable bonds is 8. The smallest absolute Gasteiger partial charge is 0.255 e. The molecule has 2 N–H and O–H groups in total. The molecule has 1 amide bonds. The summed E-state index contributed by atoms with van der Waals surface area (Å²) in [5, 5.41) is 11.2. The first kappa shape index (κ1) is 25.1. The van der Waals surface area contributed by atoms with E-state index < -0.39 is 6.04 Å². The standard InChI is InChI=1S/C30H32N6O2/c1-5-35(6-2)24-16-12-22(13-17-24)28-33-30-31-20(3)26(29(37)32-23-10-8-7-9-11-23)27(36(30)34-28)21-14-18-25(38-4)19-15-21/h7-19,27H,5-6H2,1-4H3,(H,32,37)(H,31,33,34). The molecule has 1 aromatic heterocycles. The number of hydrogen-bond donors (Lipinski definition) is 2. The first-order valence-corrected chi connectivity index (χ1v) is 12.8. The van der Waals surface area contributed by atoms with Gasteiger partial charge in [-0.2, -0.15) is 4.98 Å². The molecule has 1 aliphatic rings. The van der Waals surface area contributed by atoms with E-state index in [1.165, 1.54) is 0 Å². The van der Waals surface area contributed by atoms with Gasteiger partial charge in [0, 0.05) is 35.7 Å². The first-order valence-electron chi connectivity index (χ1n) is 12.8. The summed E-state index contributed by atoms with van der Waals surface area (Å²) in [6.45, 7) is 8.08. The topological polar surface area (TPSA) is 84.3 Å². The van der Waals surface area contributed by atoms with Crippen molar-refractivity contribution in [1.82, 2.24) is 14.8 Å². The van der Waals surface area contributed by atoms with Gasteiger partial charge in [0.15, 0.2) is 5.82 Å². The molecule has 3 aromatic carbocycles. The van der Waals surface area contributed by atoms with Crippen molar-refractivity contribution in [1.29, 1.82) is 0 Å². The van der Waals surface area contributed by atoms with Crippen LogP contribution in [0.4, 0.5) is 17.3 Å². The summed E-state index contributed by atoms with van der Waals surface area (Å²) in [6.07, 6.45) is 0. The third-order valence-corrected chi connectivity index (χ3v) is 6.81. The lowest BCUT2D eigenvalue weighted by atomic mass is 9.95. The predicted molar refractivity (Wildman–Crippen MR) is 152 cm³/mol. The highest BCUT2D eigenvalue weighted by atomic mass is 16.5. The Labute approximate surface area is 223 Å². The molecule has 1 aliphatic heterocycles. The number of amides is 1. The molecule has 0 saturated carbocycles. The number of aromatic nitrogens is 3. The van der Waals surface area contributed by atoms with Gasteiger partial charge in [0.05, 0.1) is 12.7 Å². The molecule has 8 heteroatoms. The maximum Gasteiger partial charge on any atom is 0.255 e. The molecule has 0 fully saturated rings. The summed E-state index contributed by atoms with van der Waals surface area (Å²) < 4.78 is 7.16. The molecule has 0 bridgehead atoms. The third-order valence-electron chi connectivity index (χ3n) is 6.81. The Bertz CT molecular complexity index is 1440. The van der Waals surface area contributed by atoms with E-state index >= 15 is 0 Å². The van der Waals surface area contributed by atoms with E-state index in [4.69, 9.17) is 14.8 Å². The van der Waals surface area contributed by atoms with Gasteiger partial charge in [-0.1, -0.05) is 30.3 Å². The van der Waals surface area contributed by atoms with Crippen LogP contribution in [0.15, 0.2) is 90.1 Å². The number of ether oxygens (including phenoxy) is 1. The van der Waals surface area contributed by atoms with Crippen LogP contribution >= 0.6 is 0 Å². The van der Waals surface area contributed by atoms with Crippen LogP contribution in [0.5, 0.6) is 5.75 Å². The third kappa shape index (κ3) is 4.85. The molecular formula is C30H32N6O2.